The van der Waals surface area contributed by atoms with Gasteiger partial charge in [0.25, 0.3) is 0 Å². The fourth-order valence-electron chi connectivity index (χ4n) is 0.618. The third kappa shape index (κ3) is 6.88. The molecule has 0 radical (unpaired) electrons. The van der Waals surface area contributed by atoms with Crippen LogP contribution in [0, 0.1) is 4.91 Å². The van der Waals surface area contributed by atoms with Crippen LogP contribution in [-0.4, -0.2) is 68.0 Å². The summed E-state index contributed by atoms with van der Waals surface area (Å²) in [5.41, 5.74) is 0. The molecular weight excluding hydrogens is 214 g/mol. The molecule has 0 rings (SSSR count). The fraction of sp³-hybridized carbons (Fsp3) is 0.833. The molecule has 9 nitrogen and oxygen atoms in total. The normalized spacial score (nSPS) is 17.7. The van der Waals surface area contributed by atoms with Crippen LogP contribution in [0.25, 0.3) is 0 Å². The maximum Gasteiger partial charge on any atom is 0.152 e. The standard InChI is InChI=1S/C6H12O6.HNO2/c7-1-3(9)5(11)6(12)4(10)2-8;2-1-3/h1,3-6,8-12H,2H2;(H,2,3)/t3-,4+,5+,6+;/m0./s1. The van der Waals surface area contributed by atoms with Crippen LogP contribution in [-0.2, 0) is 4.79 Å². The van der Waals surface area contributed by atoms with Crippen molar-refractivity contribution in [3.8, 4) is 0 Å². The van der Waals surface area contributed by atoms with Crippen molar-refractivity contribution in [2.75, 3.05) is 6.61 Å². The molecule has 0 amide bonds. The Kier molecular flexibility index (Phi) is 10.2. The highest BCUT2D eigenvalue weighted by molar-refractivity contribution is 5.56. The second-order valence-electron chi connectivity index (χ2n) is 2.44. The zero-order valence-corrected chi connectivity index (χ0v) is 7.54. The van der Waals surface area contributed by atoms with E-state index in [1.165, 1.54) is 5.34 Å². The number of aldehydes is 1. The summed E-state index contributed by atoms with van der Waals surface area (Å²) in [5.74, 6) is 0. The molecule has 0 spiro atoms. The monoisotopic (exact) mass is 227 g/mol. The van der Waals surface area contributed by atoms with Crippen molar-refractivity contribution in [1.82, 2.24) is 0 Å². The largest absolute Gasteiger partial charge is 0.394 e. The van der Waals surface area contributed by atoms with E-state index >= 15 is 0 Å². The van der Waals surface area contributed by atoms with Crippen molar-refractivity contribution >= 4 is 6.29 Å². The van der Waals surface area contributed by atoms with Gasteiger partial charge in [-0.3, -0.25) is 0 Å². The third-order valence-electron chi connectivity index (χ3n) is 1.42. The lowest BCUT2D eigenvalue weighted by Gasteiger charge is -2.22. The number of hydrogen-bond donors (Lipinski definition) is 6. The summed E-state index contributed by atoms with van der Waals surface area (Å²) in [6, 6.07) is 0. The first kappa shape index (κ1) is 16.3. The Hall–Kier alpha value is -1.13. The van der Waals surface area contributed by atoms with E-state index in [0.717, 1.165) is 0 Å². The van der Waals surface area contributed by atoms with E-state index in [9.17, 15) is 4.79 Å². The molecule has 15 heavy (non-hydrogen) atoms. The maximum atomic E-state index is 9.90. The molecule has 6 N–H and O–H groups in total. The minimum absolute atomic E-state index is 0.0258. The average Bonchev–Trinajstić information content (AvgIpc) is 2.25. The fourth-order valence-corrected chi connectivity index (χ4v) is 0.618. The molecule has 0 aromatic rings. The van der Waals surface area contributed by atoms with E-state index in [4.69, 9.17) is 35.6 Å². The van der Waals surface area contributed by atoms with Crippen molar-refractivity contribution in [3.63, 3.8) is 0 Å². The second kappa shape index (κ2) is 9.43. The first-order chi connectivity index (χ1) is 6.95. The van der Waals surface area contributed by atoms with Gasteiger partial charge in [0.1, 0.15) is 24.4 Å². The summed E-state index contributed by atoms with van der Waals surface area (Å²) in [5, 5.41) is 51.4. The average molecular weight is 227 g/mol. The minimum Gasteiger partial charge on any atom is -0.394 e. The second-order valence-corrected chi connectivity index (χ2v) is 2.44. The molecule has 4 atom stereocenters. The van der Waals surface area contributed by atoms with Gasteiger partial charge in [0, 0.05) is 0 Å². The Labute approximate surface area is 84.1 Å². The molecule has 0 saturated heterocycles. The number of carbonyl (C=O) groups excluding carboxylic acids is 1. The number of nitrogens with zero attached hydrogens (tertiary/aromatic N) is 1. The van der Waals surface area contributed by atoms with Gasteiger partial charge in [0.2, 0.25) is 0 Å². The molecule has 0 unspecified atom stereocenters. The predicted octanol–water partition coefficient (Wildman–Crippen LogP) is -3.24. The lowest BCUT2D eigenvalue weighted by Crippen LogP contribution is -2.46. The summed E-state index contributed by atoms with van der Waals surface area (Å²) >= 11 is 0. The van der Waals surface area contributed by atoms with E-state index in [1.807, 2.05) is 0 Å². The molecule has 0 heterocycles. The molecule has 90 valence electrons. The highest BCUT2D eigenvalue weighted by Crippen LogP contribution is 2.02. The van der Waals surface area contributed by atoms with Crippen LogP contribution in [0.15, 0.2) is 5.34 Å². The van der Waals surface area contributed by atoms with E-state index in [2.05, 4.69) is 0 Å². The topological polar surface area (TPSA) is 168 Å². The molecule has 9 heteroatoms. The van der Waals surface area contributed by atoms with Crippen LogP contribution in [0.4, 0.5) is 0 Å². The quantitative estimate of drug-likeness (QED) is 0.162. The van der Waals surface area contributed by atoms with Gasteiger partial charge in [0.15, 0.2) is 11.6 Å². The van der Waals surface area contributed by atoms with Crippen LogP contribution in [0.1, 0.15) is 0 Å². The summed E-state index contributed by atoms with van der Waals surface area (Å²) in [6.07, 6.45) is -6.84. The van der Waals surface area contributed by atoms with Crippen molar-refractivity contribution in [3.05, 3.63) is 4.91 Å². The SMILES string of the molecule is O=C[C@H](O)[C@@H](O)[C@H](O)[C@H](O)CO.O=NO. The van der Waals surface area contributed by atoms with E-state index in [0.29, 0.717) is 0 Å². The number of carbonyl (C=O) groups is 1. The zero-order chi connectivity index (χ0) is 12.4. The highest BCUT2D eigenvalue weighted by atomic mass is 16.6. The first-order valence-corrected chi connectivity index (χ1v) is 3.71. The van der Waals surface area contributed by atoms with Gasteiger partial charge < -0.3 is 35.5 Å². The Morgan fingerprint density at radius 3 is 1.80 bits per heavy atom. The van der Waals surface area contributed by atoms with Gasteiger partial charge >= 0.3 is 0 Å². The van der Waals surface area contributed by atoms with Crippen molar-refractivity contribution in [2.45, 2.75) is 24.4 Å². The molecule has 0 aliphatic heterocycles. The van der Waals surface area contributed by atoms with Crippen molar-refractivity contribution in [1.29, 1.82) is 0 Å². The number of aliphatic hydroxyl groups is 5. The molecule has 0 aliphatic rings. The smallest absolute Gasteiger partial charge is 0.152 e. The third-order valence-corrected chi connectivity index (χ3v) is 1.42. The lowest BCUT2D eigenvalue weighted by molar-refractivity contribution is -0.136. The van der Waals surface area contributed by atoms with E-state index < -0.39 is 31.0 Å². The highest BCUT2D eigenvalue weighted by Gasteiger charge is 2.29. The molecule has 0 saturated carbocycles. The number of rotatable bonds is 5. The van der Waals surface area contributed by atoms with Gasteiger partial charge in [-0.15, -0.1) is 4.91 Å². The predicted molar refractivity (Wildman–Crippen MR) is 44.8 cm³/mol. The molecular formula is C6H13NO8. The van der Waals surface area contributed by atoms with Crippen LogP contribution >= 0.6 is 0 Å². The van der Waals surface area contributed by atoms with Crippen molar-refractivity contribution < 1.29 is 35.5 Å². The maximum absolute atomic E-state index is 9.90. The molecule has 0 aliphatic carbocycles. The summed E-state index contributed by atoms with van der Waals surface area (Å²) in [6.45, 7) is -0.760. The minimum atomic E-state index is -1.79. The Balaban J connectivity index is 0. The van der Waals surface area contributed by atoms with Crippen molar-refractivity contribution in [2.24, 2.45) is 5.34 Å². The lowest BCUT2D eigenvalue weighted by atomic mass is 10.0. The van der Waals surface area contributed by atoms with Gasteiger partial charge in [0.05, 0.1) is 6.61 Å². The Morgan fingerprint density at radius 1 is 1.13 bits per heavy atom. The molecule has 0 bridgehead atoms. The Bertz CT molecular complexity index is 177. The Morgan fingerprint density at radius 2 is 1.53 bits per heavy atom. The van der Waals surface area contributed by atoms with Gasteiger partial charge in [-0.1, -0.05) is 0 Å². The van der Waals surface area contributed by atoms with Gasteiger partial charge in [-0.25, -0.2) is 0 Å². The van der Waals surface area contributed by atoms with Gasteiger partial charge in [-0.05, 0) is 0 Å². The van der Waals surface area contributed by atoms with Crippen LogP contribution in [0.3, 0.4) is 0 Å². The summed E-state index contributed by atoms with van der Waals surface area (Å²) in [7, 11) is 0. The number of hydrogen-bond acceptors (Lipinski definition) is 8. The van der Waals surface area contributed by atoms with Crippen LogP contribution in [0.5, 0.6) is 0 Å². The molecule has 0 aromatic carbocycles. The number of aliphatic hydroxyl groups excluding tert-OH is 5. The van der Waals surface area contributed by atoms with Gasteiger partial charge in [-0.2, -0.15) is 0 Å². The van der Waals surface area contributed by atoms with E-state index in [1.54, 1.807) is 0 Å². The molecule has 0 fully saturated rings. The zero-order valence-electron chi connectivity index (χ0n) is 7.54. The van der Waals surface area contributed by atoms with E-state index in [-0.39, 0.29) is 6.29 Å². The summed E-state index contributed by atoms with van der Waals surface area (Å²) < 4.78 is 0. The summed E-state index contributed by atoms with van der Waals surface area (Å²) in [4.78, 5) is 18.0. The van der Waals surface area contributed by atoms with Crippen LogP contribution in [0.2, 0.25) is 0 Å². The first-order valence-electron chi connectivity index (χ1n) is 3.71. The molecule has 0 aromatic heterocycles. The van der Waals surface area contributed by atoms with Crippen LogP contribution < -0.4 is 0 Å².